The zero-order valence-corrected chi connectivity index (χ0v) is 10.9. The van der Waals surface area contributed by atoms with Crippen molar-refractivity contribution in [3.63, 3.8) is 0 Å². The lowest BCUT2D eigenvalue weighted by Gasteiger charge is -2.13. The molecule has 0 nitrogen and oxygen atoms in total. The van der Waals surface area contributed by atoms with E-state index >= 15 is 0 Å². The molecular formula is C14H23S. The van der Waals surface area contributed by atoms with E-state index in [4.69, 9.17) is 0 Å². The van der Waals surface area contributed by atoms with Crippen LogP contribution in [-0.4, -0.2) is 0 Å². The van der Waals surface area contributed by atoms with Gasteiger partial charge in [-0.25, -0.2) is 0 Å². The zero-order chi connectivity index (χ0) is 10.9. The summed E-state index contributed by atoms with van der Waals surface area (Å²) in [5.74, 6) is 0.897. The normalized spacial score (nSPS) is 12.9. The summed E-state index contributed by atoms with van der Waals surface area (Å²) in [6.07, 6.45) is 9.60. The largest absolute Gasteiger partial charge is 0.139 e. The van der Waals surface area contributed by atoms with Crippen molar-refractivity contribution in [2.75, 3.05) is 0 Å². The molecule has 1 heterocycles. The van der Waals surface area contributed by atoms with Gasteiger partial charge >= 0.3 is 0 Å². The van der Waals surface area contributed by atoms with Gasteiger partial charge in [-0.05, 0) is 24.5 Å². The van der Waals surface area contributed by atoms with Crippen molar-refractivity contribution in [3.05, 3.63) is 22.4 Å². The molecule has 1 radical (unpaired) electrons. The molecule has 1 atom stereocenters. The van der Waals surface area contributed by atoms with Crippen LogP contribution in [0, 0.1) is 11.3 Å². The van der Waals surface area contributed by atoms with E-state index in [0.717, 1.165) is 5.92 Å². The summed E-state index contributed by atoms with van der Waals surface area (Å²) in [7, 11) is 0. The summed E-state index contributed by atoms with van der Waals surface area (Å²) in [4.78, 5) is 1.51. The Morgan fingerprint density at radius 3 is 2.73 bits per heavy atom. The molecule has 0 N–H and O–H groups in total. The van der Waals surface area contributed by atoms with Gasteiger partial charge < -0.3 is 0 Å². The molecular weight excluding hydrogens is 200 g/mol. The number of rotatable bonds is 8. The molecule has 1 aromatic heterocycles. The SMILES string of the molecule is CCCCCCC(CC)Cc1cc[c]s1. The highest BCUT2D eigenvalue weighted by atomic mass is 32.1. The predicted molar refractivity (Wildman–Crippen MR) is 69.4 cm³/mol. The van der Waals surface area contributed by atoms with Crippen LogP contribution in [0.5, 0.6) is 0 Å². The lowest BCUT2D eigenvalue weighted by Crippen LogP contribution is -2.02. The van der Waals surface area contributed by atoms with Crippen molar-refractivity contribution in [2.45, 2.75) is 58.8 Å². The van der Waals surface area contributed by atoms with Crippen LogP contribution in [-0.2, 0) is 6.42 Å². The molecule has 1 unspecified atom stereocenters. The first-order valence-electron chi connectivity index (χ1n) is 6.31. The Balaban J connectivity index is 2.18. The van der Waals surface area contributed by atoms with Crippen LogP contribution in [0.2, 0.25) is 0 Å². The van der Waals surface area contributed by atoms with E-state index in [-0.39, 0.29) is 0 Å². The van der Waals surface area contributed by atoms with E-state index in [0.29, 0.717) is 0 Å². The summed E-state index contributed by atoms with van der Waals surface area (Å²) < 4.78 is 0. The van der Waals surface area contributed by atoms with Gasteiger partial charge in [-0.3, -0.25) is 0 Å². The van der Waals surface area contributed by atoms with Crippen LogP contribution in [0.25, 0.3) is 0 Å². The summed E-state index contributed by atoms with van der Waals surface area (Å²) >= 11 is 1.79. The maximum absolute atomic E-state index is 3.18. The van der Waals surface area contributed by atoms with Gasteiger partial charge in [-0.15, -0.1) is 11.3 Å². The lowest BCUT2D eigenvalue weighted by molar-refractivity contribution is 0.441. The minimum absolute atomic E-state index is 0.897. The number of hydrogen-bond donors (Lipinski definition) is 0. The van der Waals surface area contributed by atoms with Gasteiger partial charge in [0.2, 0.25) is 0 Å². The third-order valence-electron chi connectivity index (χ3n) is 3.06. The number of unbranched alkanes of at least 4 members (excludes halogenated alkanes) is 3. The Labute approximate surface area is 98.7 Å². The zero-order valence-electron chi connectivity index (χ0n) is 10.1. The molecule has 0 fully saturated rings. The molecule has 15 heavy (non-hydrogen) atoms. The van der Waals surface area contributed by atoms with E-state index in [1.54, 1.807) is 11.3 Å². The molecule has 0 aliphatic rings. The van der Waals surface area contributed by atoms with Crippen LogP contribution in [0.15, 0.2) is 12.1 Å². The topological polar surface area (TPSA) is 0 Å². The molecule has 1 rings (SSSR count). The predicted octanol–water partition coefficient (Wildman–Crippen LogP) is 5.09. The van der Waals surface area contributed by atoms with Crippen molar-refractivity contribution in [1.82, 2.24) is 0 Å². The standard InChI is InChI=1S/C14H23S/c1-3-5-6-7-9-13(4-2)12-14-10-8-11-15-14/h8,10,13H,3-7,9,12H2,1-2H3. The van der Waals surface area contributed by atoms with Crippen LogP contribution in [0.3, 0.4) is 0 Å². The first kappa shape index (κ1) is 12.8. The smallest absolute Gasteiger partial charge is 0.0445 e. The second-order valence-electron chi connectivity index (χ2n) is 4.35. The summed E-state index contributed by atoms with van der Waals surface area (Å²) in [5.41, 5.74) is 0. The fraction of sp³-hybridized carbons (Fsp3) is 0.714. The first-order chi connectivity index (χ1) is 7.36. The van der Waals surface area contributed by atoms with E-state index in [2.05, 4.69) is 25.3 Å². The maximum atomic E-state index is 3.18. The monoisotopic (exact) mass is 223 g/mol. The van der Waals surface area contributed by atoms with Crippen LogP contribution < -0.4 is 0 Å². The van der Waals surface area contributed by atoms with Crippen molar-refractivity contribution in [1.29, 1.82) is 0 Å². The highest BCUT2D eigenvalue weighted by Gasteiger charge is 2.07. The fourth-order valence-corrected chi connectivity index (χ4v) is 2.72. The molecule has 0 aromatic carbocycles. The summed E-state index contributed by atoms with van der Waals surface area (Å²) in [5, 5.41) is 3.18. The summed E-state index contributed by atoms with van der Waals surface area (Å²) in [6.45, 7) is 4.60. The second-order valence-corrected chi connectivity index (χ2v) is 5.31. The molecule has 0 saturated carbocycles. The molecule has 0 bridgehead atoms. The van der Waals surface area contributed by atoms with E-state index < -0.39 is 0 Å². The van der Waals surface area contributed by atoms with Crippen molar-refractivity contribution < 1.29 is 0 Å². The van der Waals surface area contributed by atoms with Gasteiger partial charge in [0.05, 0.1) is 0 Å². The summed E-state index contributed by atoms with van der Waals surface area (Å²) in [6, 6.07) is 4.27. The Morgan fingerprint density at radius 1 is 1.27 bits per heavy atom. The van der Waals surface area contributed by atoms with Gasteiger partial charge in [-0.1, -0.05) is 52.4 Å². The van der Waals surface area contributed by atoms with Crippen LogP contribution >= 0.6 is 11.3 Å². The molecule has 0 aliphatic heterocycles. The Bertz CT molecular complexity index is 225. The highest BCUT2D eigenvalue weighted by Crippen LogP contribution is 2.21. The van der Waals surface area contributed by atoms with Gasteiger partial charge in [0.15, 0.2) is 0 Å². The quantitative estimate of drug-likeness (QED) is 0.539. The van der Waals surface area contributed by atoms with Crippen LogP contribution in [0.4, 0.5) is 0 Å². The molecule has 0 saturated heterocycles. The van der Waals surface area contributed by atoms with E-state index in [1.807, 2.05) is 6.07 Å². The average molecular weight is 223 g/mol. The molecule has 0 aliphatic carbocycles. The molecule has 1 heteroatoms. The van der Waals surface area contributed by atoms with Gasteiger partial charge in [0.25, 0.3) is 0 Å². The van der Waals surface area contributed by atoms with E-state index in [9.17, 15) is 0 Å². The van der Waals surface area contributed by atoms with Gasteiger partial charge in [0.1, 0.15) is 0 Å². The molecule has 0 spiro atoms. The van der Waals surface area contributed by atoms with Gasteiger partial charge in [-0.2, -0.15) is 0 Å². The Hall–Kier alpha value is -0.300. The van der Waals surface area contributed by atoms with Gasteiger partial charge in [0, 0.05) is 10.3 Å². The third kappa shape index (κ3) is 5.36. The Kier molecular flexibility index (Phi) is 6.74. The van der Waals surface area contributed by atoms with Crippen molar-refractivity contribution in [2.24, 2.45) is 5.92 Å². The average Bonchev–Trinajstić information content (AvgIpc) is 2.75. The van der Waals surface area contributed by atoms with Crippen molar-refractivity contribution in [3.8, 4) is 0 Å². The molecule has 1 aromatic rings. The van der Waals surface area contributed by atoms with Crippen molar-refractivity contribution >= 4 is 11.3 Å². The maximum Gasteiger partial charge on any atom is 0.0445 e. The number of hydrogen-bond acceptors (Lipinski definition) is 1. The number of thiophene rings is 1. The van der Waals surface area contributed by atoms with E-state index in [1.165, 1.54) is 49.8 Å². The lowest BCUT2D eigenvalue weighted by atomic mass is 9.94. The minimum atomic E-state index is 0.897. The third-order valence-corrected chi connectivity index (χ3v) is 3.88. The molecule has 0 amide bonds. The minimum Gasteiger partial charge on any atom is -0.139 e. The Morgan fingerprint density at radius 2 is 2.13 bits per heavy atom. The van der Waals surface area contributed by atoms with Crippen LogP contribution in [0.1, 0.15) is 57.2 Å². The fourth-order valence-electron chi connectivity index (χ4n) is 1.98. The second kappa shape index (κ2) is 7.92. The highest BCUT2D eigenvalue weighted by molar-refractivity contribution is 7.09. The molecule has 85 valence electrons. The first-order valence-corrected chi connectivity index (χ1v) is 7.13.